The van der Waals surface area contributed by atoms with Crippen LogP contribution in [0.5, 0.6) is 0 Å². The van der Waals surface area contributed by atoms with Gasteiger partial charge in [0.15, 0.2) is 0 Å². The van der Waals surface area contributed by atoms with Gasteiger partial charge in [-0.05, 0) is 31.0 Å². The van der Waals surface area contributed by atoms with Gasteiger partial charge in [0.1, 0.15) is 0 Å². The molecule has 0 amide bonds. The lowest BCUT2D eigenvalue weighted by atomic mass is 10.1. The highest BCUT2D eigenvalue weighted by molar-refractivity contribution is 9.10. The Morgan fingerprint density at radius 3 is 2.67 bits per heavy atom. The van der Waals surface area contributed by atoms with E-state index in [2.05, 4.69) is 62.7 Å². The number of hydrogen-bond donors (Lipinski definition) is 1. The van der Waals surface area contributed by atoms with Crippen molar-refractivity contribution < 1.29 is 0 Å². The van der Waals surface area contributed by atoms with Gasteiger partial charge in [-0.1, -0.05) is 33.3 Å². The van der Waals surface area contributed by atoms with Gasteiger partial charge in [0, 0.05) is 30.3 Å². The number of rotatable bonds is 5. The van der Waals surface area contributed by atoms with Crippen LogP contribution in [0.4, 0.5) is 0 Å². The van der Waals surface area contributed by atoms with Gasteiger partial charge in [-0.2, -0.15) is 0 Å². The number of aromatic nitrogens is 3. The SMILES string of the molecule is CC(Cc1ccc(Br)cc1)NCc1cn(C)nn1. The van der Waals surface area contributed by atoms with Crippen molar-refractivity contribution in [1.29, 1.82) is 0 Å². The Bertz CT molecular complexity index is 492. The molecule has 1 aromatic heterocycles. The molecule has 0 aliphatic carbocycles. The summed E-state index contributed by atoms with van der Waals surface area (Å²) in [6, 6.07) is 8.85. The normalized spacial score (nSPS) is 12.6. The van der Waals surface area contributed by atoms with Crippen molar-refractivity contribution in [3.05, 3.63) is 46.2 Å². The molecule has 5 heteroatoms. The zero-order valence-corrected chi connectivity index (χ0v) is 12.2. The highest BCUT2D eigenvalue weighted by atomic mass is 79.9. The summed E-state index contributed by atoms with van der Waals surface area (Å²) in [5.41, 5.74) is 2.30. The number of nitrogens with one attached hydrogen (secondary N) is 1. The molecule has 4 nitrogen and oxygen atoms in total. The first-order valence-electron chi connectivity index (χ1n) is 5.96. The van der Waals surface area contributed by atoms with Gasteiger partial charge >= 0.3 is 0 Å². The van der Waals surface area contributed by atoms with Crippen LogP contribution < -0.4 is 5.32 Å². The molecule has 2 aromatic rings. The Morgan fingerprint density at radius 2 is 2.06 bits per heavy atom. The average Bonchev–Trinajstić information content (AvgIpc) is 2.76. The van der Waals surface area contributed by atoms with Gasteiger partial charge in [-0.3, -0.25) is 4.68 Å². The molecule has 1 aromatic carbocycles. The second-order valence-corrected chi connectivity index (χ2v) is 5.41. The standard InChI is InChI=1S/C13H17BrN4/c1-10(7-11-3-5-12(14)6-4-11)15-8-13-9-18(2)17-16-13/h3-6,9-10,15H,7-8H2,1-2H3. The van der Waals surface area contributed by atoms with Crippen LogP contribution in [-0.2, 0) is 20.0 Å². The highest BCUT2D eigenvalue weighted by Gasteiger charge is 2.05. The van der Waals surface area contributed by atoms with E-state index in [0.717, 1.165) is 23.1 Å². The van der Waals surface area contributed by atoms with Crippen LogP contribution in [0.2, 0.25) is 0 Å². The summed E-state index contributed by atoms with van der Waals surface area (Å²) in [7, 11) is 1.88. The van der Waals surface area contributed by atoms with E-state index in [1.165, 1.54) is 5.56 Å². The van der Waals surface area contributed by atoms with E-state index < -0.39 is 0 Å². The molecule has 1 N–H and O–H groups in total. The molecule has 96 valence electrons. The molecule has 0 aliphatic heterocycles. The van der Waals surface area contributed by atoms with E-state index in [-0.39, 0.29) is 0 Å². The monoisotopic (exact) mass is 308 g/mol. The van der Waals surface area contributed by atoms with Crippen LogP contribution in [0.15, 0.2) is 34.9 Å². The third-order valence-corrected chi connectivity index (χ3v) is 3.27. The Balaban J connectivity index is 1.81. The largest absolute Gasteiger partial charge is 0.308 e. The van der Waals surface area contributed by atoms with Crippen LogP contribution in [0.1, 0.15) is 18.2 Å². The Kier molecular flexibility index (Phi) is 4.49. The lowest BCUT2D eigenvalue weighted by molar-refractivity contribution is 0.539. The van der Waals surface area contributed by atoms with E-state index in [1.54, 1.807) is 4.68 Å². The van der Waals surface area contributed by atoms with Crippen molar-refractivity contribution in [2.75, 3.05) is 0 Å². The average molecular weight is 309 g/mol. The Morgan fingerprint density at radius 1 is 1.33 bits per heavy atom. The van der Waals surface area contributed by atoms with Crippen molar-refractivity contribution in [3.63, 3.8) is 0 Å². The van der Waals surface area contributed by atoms with Crippen molar-refractivity contribution >= 4 is 15.9 Å². The summed E-state index contributed by atoms with van der Waals surface area (Å²) >= 11 is 3.44. The first kappa shape index (κ1) is 13.2. The lowest BCUT2D eigenvalue weighted by Crippen LogP contribution is -2.27. The summed E-state index contributed by atoms with van der Waals surface area (Å²) < 4.78 is 2.84. The fourth-order valence-corrected chi connectivity index (χ4v) is 2.07. The Hall–Kier alpha value is -1.20. The highest BCUT2D eigenvalue weighted by Crippen LogP contribution is 2.11. The summed E-state index contributed by atoms with van der Waals surface area (Å²) in [6.45, 7) is 2.93. The fourth-order valence-electron chi connectivity index (χ4n) is 1.80. The van der Waals surface area contributed by atoms with Crippen LogP contribution in [-0.4, -0.2) is 21.0 Å². The molecule has 0 radical (unpaired) electrons. The maximum Gasteiger partial charge on any atom is 0.0964 e. The lowest BCUT2D eigenvalue weighted by Gasteiger charge is -2.12. The van der Waals surface area contributed by atoms with Crippen molar-refractivity contribution in [2.24, 2.45) is 7.05 Å². The summed E-state index contributed by atoms with van der Waals surface area (Å²) in [5, 5.41) is 11.4. The molecule has 1 unspecified atom stereocenters. The predicted molar refractivity (Wildman–Crippen MR) is 75.2 cm³/mol. The molecule has 0 bridgehead atoms. The van der Waals surface area contributed by atoms with Crippen molar-refractivity contribution in [3.8, 4) is 0 Å². The van der Waals surface area contributed by atoms with Crippen LogP contribution >= 0.6 is 15.9 Å². The van der Waals surface area contributed by atoms with Crippen molar-refractivity contribution in [1.82, 2.24) is 20.3 Å². The number of hydrogen-bond acceptors (Lipinski definition) is 3. The molecule has 0 saturated carbocycles. The minimum Gasteiger partial charge on any atom is -0.308 e. The van der Waals surface area contributed by atoms with Gasteiger partial charge in [0.05, 0.1) is 5.69 Å². The number of nitrogens with zero attached hydrogens (tertiary/aromatic N) is 3. The maximum atomic E-state index is 4.05. The van der Waals surface area contributed by atoms with Gasteiger partial charge in [-0.25, -0.2) is 0 Å². The predicted octanol–water partition coefficient (Wildman–Crippen LogP) is 2.30. The van der Waals surface area contributed by atoms with E-state index in [1.807, 2.05) is 13.2 Å². The number of halogens is 1. The van der Waals surface area contributed by atoms with Crippen LogP contribution in [0.3, 0.4) is 0 Å². The van der Waals surface area contributed by atoms with Crippen LogP contribution in [0.25, 0.3) is 0 Å². The van der Waals surface area contributed by atoms with Crippen LogP contribution in [0, 0.1) is 0 Å². The van der Waals surface area contributed by atoms with Gasteiger partial charge in [0.2, 0.25) is 0 Å². The number of aryl methyl sites for hydroxylation is 1. The third-order valence-electron chi connectivity index (χ3n) is 2.74. The van der Waals surface area contributed by atoms with E-state index in [0.29, 0.717) is 6.04 Å². The van der Waals surface area contributed by atoms with Gasteiger partial charge in [-0.15, -0.1) is 5.10 Å². The third kappa shape index (κ3) is 3.92. The van der Waals surface area contributed by atoms with E-state index >= 15 is 0 Å². The molecule has 0 fully saturated rings. The maximum absolute atomic E-state index is 4.05. The molecular weight excluding hydrogens is 292 g/mol. The molecule has 2 rings (SSSR count). The summed E-state index contributed by atoms with van der Waals surface area (Å²) in [6.07, 6.45) is 2.94. The van der Waals surface area contributed by atoms with E-state index in [9.17, 15) is 0 Å². The van der Waals surface area contributed by atoms with Crippen molar-refractivity contribution in [2.45, 2.75) is 25.9 Å². The van der Waals surface area contributed by atoms with E-state index in [4.69, 9.17) is 0 Å². The molecule has 0 saturated heterocycles. The molecular formula is C13H17BrN4. The van der Waals surface area contributed by atoms with Gasteiger partial charge < -0.3 is 5.32 Å². The minimum absolute atomic E-state index is 0.410. The summed E-state index contributed by atoms with van der Waals surface area (Å²) in [5.74, 6) is 0. The molecule has 0 spiro atoms. The zero-order valence-electron chi connectivity index (χ0n) is 10.6. The first-order chi connectivity index (χ1) is 8.63. The Labute approximate surface area is 116 Å². The molecule has 18 heavy (non-hydrogen) atoms. The topological polar surface area (TPSA) is 42.7 Å². The number of benzene rings is 1. The fraction of sp³-hybridized carbons (Fsp3) is 0.385. The van der Waals surface area contributed by atoms with Gasteiger partial charge in [0.25, 0.3) is 0 Å². The smallest absolute Gasteiger partial charge is 0.0964 e. The zero-order chi connectivity index (χ0) is 13.0. The molecule has 1 atom stereocenters. The second kappa shape index (κ2) is 6.11. The quantitative estimate of drug-likeness (QED) is 0.921. The summed E-state index contributed by atoms with van der Waals surface area (Å²) in [4.78, 5) is 0. The minimum atomic E-state index is 0.410. The first-order valence-corrected chi connectivity index (χ1v) is 6.76. The second-order valence-electron chi connectivity index (χ2n) is 4.50. The molecule has 1 heterocycles. The molecule has 0 aliphatic rings.